The van der Waals surface area contributed by atoms with Crippen LogP contribution in [0.25, 0.3) is 0 Å². The third kappa shape index (κ3) is 4.23. The van der Waals surface area contributed by atoms with E-state index < -0.39 is 15.9 Å². The topological polar surface area (TPSA) is 84.5 Å². The van der Waals surface area contributed by atoms with Crippen LogP contribution in [-0.4, -0.2) is 28.0 Å². The van der Waals surface area contributed by atoms with Crippen LogP contribution in [0.4, 0.5) is 5.69 Å². The van der Waals surface area contributed by atoms with Crippen molar-refractivity contribution in [2.24, 2.45) is 0 Å². The molecule has 0 aliphatic heterocycles. The van der Waals surface area contributed by atoms with Gasteiger partial charge in [-0.05, 0) is 50.1 Å². The highest BCUT2D eigenvalue weighted by molar-refractivity contribution is 7.89. The number of carbonyl (C=O) groups is 1. The second kappa shape index (κ2) is 7.88. The molecule has 0 heterocycles. The normalized spacial score (nSPS) is 11.3. The van der Waals surface area contributed by atoms with Crippen molar-refractivity contribution in [2.45, 2.75) is 32.6 Å². The molecule has 2 aromatic carbocycles. The van der Waals surface area contributed by atoms with Crippen LogP contribution in [-0.2, 0) is 10.0 Å². The Morgan fingerprint density at radius 1 is 1.08 bits per heavy atom. The zero-order valence-corrected chi connectivity index (χ0v) is 16.5. The van der Waals surface area contributed by atoms with E-state index >= 15 is 0 Å². The molecule has 1 amide bonds. The SMILES string of the molecule is CCNS(=O)(=O)c1ccc(OC)c(C(=O)Nc2c(C)cc(C)cc2C)c1. The number of methoxy groups -OCH3 is 1. The standard InChI is InChI=1S/C19H24N2O4S/c1-6-20-26(23,24)15-7-8-17(25-5)16(11-15)19(22)21-18-13(3)9-12(2)10-14(18)4/h7-11,20H,6H2,1-5H3,(H,21,22). The van der Waals surface area contributed by atoms with Crippen LogP contribution >= 0.6 is 0 Å². The molecule has 2 rings (SSSR count). The van der Waals surface area contributed by atoms with Gasteiger partial charge >= 0.3 is 0 Å². The van der Waals surface area contributed by atoms with Gasteiger partial charge in [0, 0.05) is 12.2 Å². The molecular weight excluding hydrogens is 352 g/mol. The van der Waals surface area contributed by atoms with Crippen molar-refractivity contribution in [1.82, 2.24) is 4.72 Å². The van der Waals surface area contributed by atoms with Gasteiger partial charge in [0.05, 0.1) is 17.6 Å². The highest BCUT2D eigenvalue weighted by atomic mass is 32.2. The predicted octanol–water partition coefficient (Wildman–Crippen LogP) is 3.17. The lowest BCUT2D eigenvalue weighted by Gasteiger charge is -2.15. The molecule has 26 heavy (non-hydrogen) atoms. The van der Waals surface area contributed by atoms with Crippen LogP contribution in [0.3, 0.4) is 0 Å². The third-order valence-electron chi connectivity index (χ3n) is 3.98. The molecule has 6 nitrogen and oxygen atoms in total. The lowest BCUT2D eigenvalue weighted by molar-refractivity contribution is 0.102. The molecule has 0 spiro atoms. The van der Waals surface area contributed by atoms with Gasteiger partial charge in [-0.15, -0.1) is 0 Å². The summed E-state index contributed by atoms with van der Waals surface area (Å²) in [6, 6.07) is 8.17. The molecular formula is C19H24N2O4S. The van der Waals surface area contributed by atoms with E-state index in [0.29, 0.717) is 11.4 Å². The Hall–Kier alpha value is -2.38. The van der Waals surface area contributed by atoms with Crippen molar-refractivity contribution >= 4 is 21.6 Å². The number of nitrogens with one attached hydrogen (secondary N) is 2. The van der Waals surface area contributed by atoms with Gasteiger partial charge in [-0.2, -0.15) is 0 Å². The minimum absolute atomic E-state index is 0.0163. The molecule has 0 bridgehead atoms. The molecule has 2 N–H and O–H groups in total. The minimum atomic E-state index is -3.67. The summed E-state index contributed by atoms with van der Waals surface area (Å²) >= 11 is 0. The summed E-state index contributed by atoms with van der Waals surface area (Å²) in [4.78, 5) is 12.8. The lowest BCUT2D eigenvalue weighted by Crippen LogP contribution is -2.24. The number of carbonyl (C=O) groups excluding carboxylic acids is 1. The first kappa shape index (κ1) is 19.9. The fraction of sp³-hybridized carbons (Fsp3) is 0.316. The summed E-state index contributed by atoms with van der Waals surface area (Å²) in [5, 5.41) is 2.87. The van der Waals surface area contributed by atoms with Gasteiger partial charge in [0.15, 0.2) is 0 Å². The Morgan fingerprint density at radius 2 is 1.69 bits per heavy atom. The highest BCUT2D eigenvalue weighted by Crippen LogP contribution is 2.26. The van der Waals surface area contributed by atoms with E-state index in [9.17, 15) is 13.2 Å². The van der Waals surface area contributed by atoms with E-state index in [2.05, 4.69) is 10.0 Å². The summed E-state index contributed by atoms with van der Waals surface area (Å²) in [7, 11) is -2.23. The van der Waals surface area contributed by atoms with Gasteiger partial charge < -0.3 is 10.1 Å². The average Bonchev–Trinajstić information content (AvgIpc) is 2.57. The van der Waals surface area contributed by atoms with E-state index in [1.807, 2.05) is 32.9 Å². The molecule has 7 heteroatoms. The fourth-order valence-corrected chi connectivity index (χ4v) is 3.93. The van der Waals surface area contributed by atoms with Crippen molar-refractivity contribution in [2.75, 3.05) is 19.0 Å². The number of ether oxygens (including phenoxy) is 1. The number of hydrogen-bond donors (Lipinski definition) is 2. The Balaban J connectivity index is 2.45. The van der Waals surface area contributed by atoms with E-state index in [1.54, 1.807) is 6.92 Å². The van der Waals surface area contributed by atoms with Gasteiger partial charge in [0.1, 0.15) is 5.75 Å². The number of benzene rings is 2. The molecule has 0 fully saturated rings. The second-order valence-corrected chi connectivity index (χ2v) is 7.86. The van der Waals surface area contributed by atoms with Gasteiger partial charge in [-0.3, -0.25) is 4.79 Å². The van der Waals surface area contributed by atoms with Crippen LogP contribution in [0.2, 0.25) is 0 Å². The largest absolute Gasteiger partial charge is 0.496 e. The number of sulfonamides is 1. The third-order valence-corrected chi connectivity index (χ3v) is 5.52. The van der Waals surface area contributed by atoms with Crippen molar-refractivity contribution in [3.05, 3.63) is 52.6 Å². The summed E-state index contributed by atoms with van der Waals surface area (Å²) in [5.41, 5.74) is 3.85. The fourth-order valence-electron chi connectivity index (χ4n) is 2.86. The Morgan fingerprint density at radius 3 is 2.23 bits per heavy atom. The molecule has 0 unspecified atom stereocenters. The van der Waals surface area contributed by atoms with Crippen LogP contribution in [0.15, 0.2) is 35.2 Å². The minimum Gasteiger partial charge on any atom is -0.496 e. The van der Waals surface area contributed by atoms with Gasteiger partial charge in [0.2, 0.25) is 10.0 Å². The van der Waals surface area contributed by atoms with Crippen LogP contribution in [0.1, 0.15) is 34.0 Å². The molecule has 0 atom stereocenters. The molecule has 0 aliphatic carbocycles. The second-order valence-electron chi connectivity index (χ2n) is 6.09. The van der Waals surface area contributed by atoms with Crippen molar-refractivity contribution < 1.29 is 17.9 Å². The first-order chi connectivity index (χ1) is 12.2. The number of rotatable bonds is 6. The van der Waals surface area contributed by atoms with Crippen LogP contribution in [0.5, 0.6) is 5.75 Å². The monoisotopic (exact) mass is 376 g/mol. The van der Waals surface area contributed by atoms with Crippen molar-refractivity contribution in [3.8, 4) is 5.75 Å². The molecule has 0 saturated heterocycles. The predicted molar refractivity (Wildman–Crippen MR) is 102 cm³/mol. The number of hydrogen-bond acceptors (Lipinski definition) is 4. The maximum Gasteiger partial charge on any atom is 0.259 e. The molecule has 140 valence electrons. The highest BCUT2D eigenvalue weighted by Gasteiger charge is 2.20. The van der Waals surface area contributed by atoms with Gasteiger partial charge in [-0.1, -0.05) is 24.6 Å². The van der Waals surface area contributed by atoms with E-state index in [-0.39, 0.29) is 17.0 Å². The summed E-state index contributed by atoms with van der Waals surface area (Å²) < 4.78 is 32.1. The maximum atomic E-state index is 12.8. The van der Waals surface area contributed by atoms with Crippen molar-refractivity contribution in [1.29, 1.82) is 0 Å². The molecule has 0 radical (unpaired) electrons. The van der Waals surface area contributed by atoms with Crippen molar-refractivity contribution in [3.63, 3.8) is 0 Å². The summed E-state index contributed by atoms with van der Waals surface area (Å²) in [5.74, 6) is -0.120. The summed E-state index contributed by atoms with van der Waals surface area (Å²) in [6.07, 6.45) is 0. The van der Waals surface area contributed by atoms with Crippen LogP contribution < -0.4 is 14.8 Å². The van der Waals surface area contributed by atoms with Crippen LogP contribution in [0, 0.1) is 20.8 Å². The molecule has 0 aromatic heterocycles. The first-order valence-corrected chi connectivity index (χ1v) is 9.74. The summed E-state index contributed by atoms with van der Waals surface area (Å²) in [6.45, 7) is 7.77. The van der Waals surface area contributed by atoms with Gasteiger partial charge in [-0.25, -0.2) is 13.1 Å². The Kier molecular flexibility index (Phi) is 6.05. The van der Waals surface area contributed by atoms with E-state index in [1.165, 1.54) is 25.3 Å². The first-order valence-electron chi connectivity index (χ1n) is 8.26. The number of anilines is 1. The number of aryl methyl sites for hydroxylation is 3. The lowest BCUT2D eigenvalue weighted by atomic mass is 10.0. The smallest absolute Gasteiger partial charge is 0.259 e. The zero-order valence-electron chi connectivity index (χ0n) is 15.6. The van der Waals surface area contributed by atoms with Gasteiger partial charge in [0.25, 0.3) is 5.91 Å². The average molecular weight is 376 g/mol. The quantitative estimate of drug-likeness (QED) is 0.811. The van der Waals surface area contributed by atoms with E-state index in [0.717, 1.165) is 16.7 Å². The Bertz CT molecular complexity index is 914. The zero-order chi connectivity index (χ0) is 19.5. The molecule has 0 saturated carbocycles. The number of amides is 1. The van der Waals surface area contributed by atoms with E-state index in [4.69, 9.17) is 4.74 Å². The Labute approximate surface area is 154 Å². The molecule has 0 aliphatic rings. The maximum absolute atomic E-state index is 12.8. The molecule has 2 aromatic rings.